The van der Waals surface area contributed by atoms with E-state index in [9.17, 15) is 4.79 Å². The summed E-state index contributed by atoms with van der Waals surface area (Å²) in [6.07, 6.45) is 2.59. The first-order valence-electron chi connectivity index (χ1n) is 8.87. The maximum atomic E-state index is 12.9. The van der Waals surface area contributed by atoms with Gasteiger partial charge in [-0.1, -0.05) is 12.1 Å². The molecule has 7 heteroatoms. The number of nitrogen functional groups attached to an aromatic ring is 1. The molecule has 0 saturated carbocycles. The van der Waals surface area contributed by atoms with E-state index >= 15 is 0 Å². The number of ether oxygens (including phenoxy) is 1. The van der Waals surface area contributed by atoms with E-state index in [1.165, 1.54) is 0 Å². The number of nitrogens with two attached hydrogens (primary N) is 1. The van der Waals surface area contributed by atoms with Crippen molar-refractivity contribution >= 4 is 11.7 Å². The first-order chi connectivity index (χ1) is 12.6. The zero-order valence-electron chi connectivity index (χ0n) is 15.3. The standard InChI is InChI=1S/C19H25N5O2/c1-3-26-16-7-5-4-6-15(16)19(25)24-11-9-14(12-24)23(2)13-18-21-10-8-17(20)22-18/h4-8,10,14H,3,9,11-13H2,1-2H3,(H2,20,21,22)/t14-/m1/s1. The van der Waals surface area contributed by atoms with E-state index in [-0.39, 0.29) is 11.9 Å². The summed E-state index contributed by atoms with van der Waals surface area (Å²) in [4.78, 5) is 25.5. The summed E-state index contributed by atoms with van der Waals surface area (Å²) >= 11 is 0. The predicted octanol–water partition coefficient (Wildman–Crippen LogP) is 1.80. The van der Waals surface area contributed by atoms with Crippen LogP contribution in [0.1, 0.15) is 29.5 Å². The third-order valence-corrected chi connectivity index (χ3v) is 4.61. The third-order valence-electron chi connectivity index (χ3n) is 4.61. The van der Waals surface area contributed by atoms with Crippen molar-refractivity contribution in [3.05, 3.63) is 47.9 Å². The highest BCUT2D eigenvalue weighted by Gasteiger charge is 2.30. The number of nitrogens with zero attached hydrogens (tertiary/aromatic N) is 4. The van der Waals surface area contributed by atoms with Gasteiger partial charge in [0.1, 0.15) is 17.4 Å². The molecule has 1 aromatic heterocycles. The third kappa shape index (κ3) is 4.11. The zero-order chi connectivity index (χ0) is 18.5. The largest absolute Gasteiger partial charge is 0.493 e. The molecule has 1 aliphatic rings. The number of rotatable bonds is 6. The highest BCUT2D eigenvalue weighted by molar-refractivity contribution is 5.97. The van der Waals surface area contributed by atoms with Gasteiger partial charge >= 0.3 is 0 Å². The summed E-state index contributed by atoms with van der Waals surface area (Å²) in [5, 5.41) is 0. The maximum absolute atomic E-state index is 12.9. The Labute approximate surface area is 153 Å². The van der Waals surface area contributed by atoms with Gasteiger partial charge in [0, 0.05) is 25.3 Å². The number of carbonyl (C=O) groups is 1. The van der Waals surface area contributed by atoms with Gasteiger partial charge in [-0.2, -0.15) is 0 Å². The number of hydrogen-bond donors (Lipinski definition) is 1. The number of anilines is 1. The fourth-order valence-corrected chi connectivity index (χ4v) is 3.22. The number of carbonyl (C=O) groups excluding carboxylic acids is 1. The minimum Gasteiger partial charge on any atom is -0.493 e. The molecule has 0 unspecified atom stereocenters. The predicted molar refractivity (Wildman–Crippen MR) is 99.8 cm³/mol. The van der Waals surface area contributed by atoms with Crippen molar-refractivity contribution in [1.29, 1.82) is 0 Å². The monoisotopic (exact) mass is 355 g/mol. The number of para-hydroxylation sites is 1. The van der Waals surface area contributed by atoms with Crippen molar-refractivity contribution in [1.82, 2.24) is 19.8 Å². The van der Waals surface area contributed by atoms with Crippen LogP contribution in [0.5, 0.6) is 5.75 Å². The van der Waals surface area contributed by atoms with Crippen LogP contribution in [0.3, 0.4) is 0 Å². The number of likely N-dealkylation sites (tertiary alicyclic amines) is 1. The molecule has 1 amide bonds. The molecular formula is C19H25N5O2. The molecule has 0 bridgehead atoms. The summed E-state index contributed by atoms with van der Waals surface area (Å²) in [7, 11) is 2.03. The van der Waals surface area contributed by atoms with Crippen molar-refractivity contribution in [2.45, 2.75) is 25.9 Å². The van der Waals surface area contributed by atoms with Gasteiger partial charge < -0.3 is 15.4 Å². The molecule has 7 nitrogen and oxygen atoms in total. The lowest BCUT2D eigenvalue weighted by molar-refractivity contribution is 0.0775. The maximum Gasteiger partial charge on any atom is 0.257 e. The summed E-state index contributed by atoms with van der Waals surface area (Å²) < 4.78 is 5.60. The second-order valence-corrected chi connectivity index (χ2v) is 6.44. The van der Waals surface area contributed by atoms with E-state index in [4.69, 9.17) is 10.5 Å². The van der Waals surface area contributed by atoms with Crippen molar-refractivity contribution in [3.8, 4) is 5.75 Å². The normalized spacial score (nSPS) is 16.9. The Morgan fingerprint density at radius 1 is 1.38 bits per heavy atom. The van der Waals surface area contributed by atoms with Crippen LogP contribution in [-0.4, -0.2) is 58.5 Å². The van der Waals surface area contributed by atoms with E-state index in [2.05, 4.69) is 14.9 Å². The molecule has 2 heterocycles. The molecule has 0 spiro atoms. The van der Waals surface area contributed by atoms with Crippen molar-refractivity contribution in [2.24, 2.45) is 0 Å². The molecule has 2 N–H and O–H groups in total. The summed E-state index contributed by atoms with van der Waals surface area (Å²) in [6.45, 7) is 4.47. The smallest absolute Gasteiger partial charge is 0.257 e. The van der Waals surface area contributed by atoms with Crippen LogP contribution in [0.25, 0.3) is 0 Å². The number of hydrogen-bond acceptors (Lipinski definition) is 6. The minimum atomic E-state index is 0.0187. The first-order valence-corrected chi connectivity index (χ1v) is 8.87. The molecular weight excluding hydrogens is 330 g/mol. The molecule has 0 aliphatic carbocycles. The van der Waals surface area contributed by atoms with Crippen LogP contribution < -0.4 is 10.5 Å². The number of benzene rings is 1. The van der Waals surface area contributed by atoms with E-state index in [1.54, 1.807) is 12.3 Å². The summed E-state index contributed by atoms with van der Waals surface area (Å²) in [5.41, 5.74) is 6.34. The molecule has 2 aromatic rings. The van der Waals surface area contributed by atoms with Gasteiger partial charge in [0.15, 0.2) is 0 Å². The quantitative estimate of drug-likeness (QED) is 0.851. The Morgan fingerprint density at radius 2 is 2.19 bits per heavy atom. The van der Waals surface area contributed by atoms with Crippen LogP contribution in [0.15, 0.2) is 36.5 Å². The lowest BCUT2D eigenvalue weighted by atomic mass is 10.1. The summed E-state index contributed by atoms with van der Waals surface area (Å²) in [5.74, 6) is 1.83. The van der Waals surface area contributed by atoms with Gasteiger partial charge in [0.25, 0.3) is 5.91 Å². The van der Waals surface area contributed by atoms with Crippen LogP contribution in [0.2, 0.25) is 0 Å². The van der Waals surface area contributed by atoms with Gasteiger partial charge in [-0.05, 0) is 38.6 Å². The average molecular weight is 355 g/mol. The van der Waals surface area contributed by atoms with Crippen molar-refractivity contribution in [3.63, 3.8) is 0 Å². The van der Waals surface area contributed by atoms with Gasteiger partial charge in [-0.25, -0.2) is 9.97 Å². The first kappa shape index (κ1) is 18.1. The average Bonchev–Trinajstić information content (AvgIpc) is 3.12. The molecule has 138 valence electrons. The SMILES string of the molecule is CCOc1ccccc1C(=O)N1CC[C@@H](N(C)Cc2nccc(N)n2)C1. The lowest BCUT2D eigenvalue weighted by Gasteiger charge is -2.24. The van der Waals surface area contributed by atoms with E-state index in [0.717, 1.165) is 13.0 Å². The molecule has 0 radical (unpaired) electrons. The molecule has 26 heavy (non-hydrogen) atoms. The summed E-state index contributed by atoms with van der Waals surface area (Å²) in [6, 6.07) is 9.36. The van der Waals surface area contributed by atoms with Crippen molar-refractivity contribution in [2.75, 3.05) is 32.5 Å². The number of amides is 1. The second-order valence-electron chi connectivity index (χ2n) is 6.44. The molecule has 1 aliphatic heterocycles. The van der Waals surface area contributed by atoms with Crippen LogP contribution in [-0.2, 0) is 6.54 Å². The molecule has 3 rings (SSSR count). The van der Waals surface area contributed by atoms with Gasteiger partial charge in [0.2, 0.25) is 0 Å². The minimum absolute atomic E-state index is 0.0187. The highest BCUT2D eigenvalue weighted by Crippen LogP contribution is 2.23. The molecule has 1 aromatic carbocycles. The number of likely N-dealkylation sites (N-methyl/N-ethyl adjacent to an activating group) is 1. The fraction of sp³-hybridized carbons (Fsp3) is 0.421. The van der Waals surface area contributed by atoms with Crippen molar-refractivity contribution < 1.29 is 9.53 Å². The van der Waals surface area contributed by atoms with Crippen LogP contribution >= 0.6 is 0 Å². The Balaban J connectivity index is 1.64. The molecule has 1 atom stereocenters. The van der Waals surface area contributed by atoms with Gasteiger partial charge in [-0.15, -0.1) is 0 Å². The van der Waals surface area contributed by atoms with E-state index < -0.39 is 0 Å². The Morgan fingerprint density at radius 3 is 2.96 bits per heavy atom. The zero-order valence-corrected chi connectivity index (χ0v) is 15.3. The lowest BCUT2D eigenvalue weighted by Crippen LogP contribution is -2.36. The fourth-order valence-electron chi connectivity index (χ4n) is 3.22. The van der Waals surface area contributed by atoms with E-state index in [0.29, 0.717) is 42.7 Å². The Bertz CT molecular complexity index is 767. The van der Waals surface area contributed by atoms with Crippen LogP contribution in [0.4, 0.5) is 5.82 Å². The molecule has 1 saturated heterocycles. The Kier molecular flexibility index (Phi) is 5.68. The Hall–Kier alpha value is -2.67. The van der Waals surface area contributed by atoms with E-state index in [1.807, 2.05) is 43.1 Å². The topological polar surface area (TPSA) is 84.6 Å². The highest BCUT2D eigenvalue weighted by atomic mass is 16.5. The second kappa shape index (κ2) is 8.14. The van der Waals surface area contributed by atoms with Gasteiger partial charge in [-0.3, -0.25) is 9.69 Å². The molecule has 1 fully saturated rings. The number of aromatic nitrogens is 2. The van der Waals surface area contributed by atoms with Gasteiger partial charge in [0.05, 0.1) is 18.7 Å². The van der Waals surface area contributed by atoms with Crippen LogP contribution in [0, 0.1) is 0 Å².